The van der Waals surface area contributed by atoms with Gasteiger partial charge in [0.2, 0.25) is 0 Å². The van der Waals surface area contributed by atoms with Crippen LogP contribution in [0.2, 0.25) is 0 Å². The lowest BCUT2D eigenvalue weighted by Crippen LogP contribution is -2.33. The number of alkyl halides is 1. The Bertz CT molecular complexity index is 690. The fraction of sp³-hybridized carbons (Fsp3) is 0.500. The van der Waals surface area contributed by atoms with Crippen molar-refractivity contribution in [3.05, 3.63) is 40.4 Å². The molecule has 21 heavy (non-hydrogen) atoms. The Hall–Kier alpha value is -1.39. The van der Waals surface area contributed by atoms with Crippen LogP contribution in [0.4, 0.5) is 0 Å². The molecule has 1 aromatic heterocycles. The molecule has 0 N–H and O–H groups in total. The van der Waals surface area contributed by atoms with Crippen LogP contribution in [0.1, 0.15) is 37.4 Å². The van der Waals surface area contributed by atoms with Gasteiger partial charge in [-0.2, -0.15) is 0 Å². The van der Waals surface area contributed by atoms with Crippen molar-refractivity contribution in [1.82, 2.24) is 9.55 Å². The highest BCUT2D eigenvalue weighted by molar-refractivity contribution is 6.20. The van der Waals surface area contributed by atoms with Crippen molar-refractivity contribution >= 4 is 22.5 Å². The van der Waals surface area contributed by atoms with Crippen molar-refractivity contribution < 1.29 is 4.74 Å². The standard InChI is InChI=1S/C16H19ClN2O2/c1-11(17)15-18-14-8-3-2-7-13(14)16(20)19(15)10-12-6-4-5-9-21-12/h2-3,7-8,11-12H,4-6,9-10H2,1H3. The van der Waals surface area contributed by atoms with E-state index in [0.29, 0.717) is 23.3 Å². The Kier molecular flexibility index (Phi) is 4.27. The maximum Gasteiger partial charge on any atom is 0.261 e. The fourth-order valence-corrected chi connectivity index (χ4v) is 2.99. The van der Waals surface area contributed by atoms with E-state index in [1.54, 1.807) is 4.57 Å². The lowest BCUT2D eigenvalue weighted by molar-refractivity contribution is 0.00486. The van der Waals surface area contributed by atoms with Crippen LogP contribution >= 0.6 is 11.6 Å². The number of hydrogen-bond donors (Lipinski definition) is 0. The number of ether oxygens (including phenoxy) is 1. The predicted molar refractivity (Wildman–Crippen MR) is 83.9 cm³/mol. The maximum atomic E-state index is 12.7. The van der Waals surface area contributed by atoms with Gasteiger partial charge in [-0.15, -0.1) is 11.6 Å². The monoisotopic (exact) mass is 306 g/mol. The fourth-order valence-electron chi connectivity index (χ4n) is 2.82. The van der Waals surface area contributed by atoms with E-state index in [1.165, 1.54) is 0 Å². The van der Waals surface area contributed by atoms with Gasteiger partial charge < -0.3 is 4.74 Å². The molecule has 1 fully saturated rings. The molecular weight excluding hydrogens is 288 g/mol. The van der Waals surface area contributed by atoms with Gasteiger partial charge in [0.05, 0.1) is 28.9 Å². The third-order valence-electron chi connectivity index (χ3n) is 3.91. The van der Waals surface area contributed by atoms with Gasteiger partial charge in [0, 0.05) is 6.61 Å². The molecule has 1 saturated heterocycles. The second-order valence-electron chi connectivity index (χ2n) is 5.51. The van der Waals surface area contributed by atoms with Gasteiger partial charge in [0.15, 0.2) is 0 Å². The number of rotatable bonds is 3. The van der Waals surface area contributed by atoms with Gasteiger partial charge in [-0.05, 0) is 38.3 Å². The predicted octanol–water partition coefficient (Wildman–Crippen LogP) is 3.27. The van der Waals surface area contributed by atoms with E-state index in [9.17, 15) is 4.79 Å². The zero-order valence-corrected chi connectivity index (χ0v) is 12.8. The van der Waals surface area contributed by atoms with Gasteiger partial charge >= 0.3 is 0 Å². The van der Waals surface area contributed by atoms with Crippen LogP contribution in [-0.2, 0) is 11.3 Å². The molecule has 0 aliphatic carbocycles. The van der Waals surface area contributed by atoms with Crippen molar-refractivity contribution in [3.63, 3.8) is 0 Å². The summed E-state index contributed by atoms with van der Waals surface area (Å²) in [6, 6.07) is 7.40. The van der Waals surface area contributed by atoms with Crippen LogP contribution < -0.4 is 5.56 Å². The van der Waals surface area contributed by atoms with E-state index >= 15 is 0 Å². The third kappa shape index (κ3) is 2.97. The minimum atomic E-state index is -0.314. The van der Waals surface area contributed by atoms with Crippen molar-refractivity contribution in [1.29, 1.82) is 0 Å². The van der Waals surface area contributed by atoms with E-state index in [-0.39, 0.29) is 17.0 Å². The Labute approximate surface area is 128 Å². The molecule has 0 saturated carbocycles. The normalized spacial score (nSPS) is 20.6. The molecule has 4 nitrogen and oxygen atoms in total. The molecule has 0 bridgehead atoms. The largest absolute Gasteiger partial charge is 0.376 e. The first-order chi connectivity index (χ1) is 10.2. The number of benzene rings is 1. The minimum absolute atomic E-state index is 0.0303. The molecule has 2 heterocycles. The lowest BCUT2D eigenvalue weighted by atomic mass is 10.1. The topological polar surface area (TPSA) is 44.1 Å². The lowest BCUT2D eigenvalue weighted by Gasteiger charge is -2.25. The molecule has 112 valence electrons. The number of halogens is 1. The average molecular weight is 307 g/mol. The summed E-state index contributed by atoms with van der Waals surface area (Å²) in [5.74, 6) is 0.620. The van der Waals surface area contributed by atoms with Crippen molar-refractivity contribution in [2.45, 2.75) is 44.2 Å². The van der Waals surface area contributed by atoms with Crippen LogP contribution in [-0.4, -0.2) is 22.3 Å². The van der Waals surface area contributed by atoms with Gasteiger partial charge in [-0.3, -0.25) is 9.36 Å². The molecule has 2 aromatic rings. The second-order valence-corrected chi connectivity index (χ2v) is 6.16. The van der Waals surface area contributed by atoms with Gasteiger partial charge in [0.25, 0.3) is 5.56 Å². The van der Waals surface area contributed by atoms with Gasteiger partial charge in [-0.25, -0.2) is 4.98 Å². The molecule has 2 atom stereocenters. The summed E-state index contributed by atoms with van der Waals surface area (Å²) in [6.45, 7) is 3.14. The van der Waals surface area contributed by atoms with Crippen molar-refractivity contribution in [2.24, 2.45) is 0 Å². The average Bonchev–Trinajstić information content (AvgIpc) is 2.51. The number of hydrogen-bond acceptors (Lipinski definition) is 3. The zero-order valence-electron chi connectivity index (χ0n) is 12.1. The van der Waals surface area contributed by atoms with Crippen LogP contribution in [0.15, 0.2) is 29.1 Å². The molecule has 3 rings (SSSR count). The van der Waals surface area contributed by atoms with E-state index in [4.69, 9.17) is 16.3 Å². The molecule has 0 amide bonds. The SMILES string of the molecule is CC(Cl)c1nc2ccccc2c(=O)n1CC1CCCCO1. The summed E-state index contributed by atoms with van der Waals surface area (Å²) in [4.78, 5) is 17.3. The summed E-state index contributed by atoms with van der Waals surface area (Å²) < 4.78 is 7.44. The molecule has 2 unspecified atom stereocenters. The Morgan fingerprint density at radius 1 is 1.43 bits per heavy atom. The van der Waals surface area contributed by atoms with Crippen molar-refractivity contribution in [3.8, 4) is 0 Å². The number of nitrogens with zero attached hydrogens (tertiary/aromatic N) is 2. The highest BCUT2D eigenvalue weighted by Gasteiger charge is 2.20. The maximum absolute atomic E-state index is 12.7. The highest BCUT2D eigenvalue weighted by atomic mass is 35.5. The highest BCUT2D eigenvalue weighted by Crippen LogP contribution is 2.21. The van der Waals surface area contributed by atoms with Crippen LogP contribution in [0.3, 0.4) is 0 Å². The molecule has 5 heteroatoms. The summed E-state index contributed by atoms with van der Waals surface area (Å²) in [7, 11) is 0. The van der Waals surface area contributed by atoms with Crippen LogP contribution in [0.25, 0.3) is 10.9 Å². The summed E-state index contributed by atoms with van der Waals surface area (Å²) >= 11 is 6.24. The Morgan fingerprint density at radius 3 is 2.95 bits per heavy atom. The first kappa shape index (κ1) is 14.5. The summed E-state index contributed by atoms with van der Waals surface area (Å²) in [5, 5.41) is 0.320. The second kappa shape index (κ2) is 6.16. The smallest absolute Gasteiger partial charge is 0.261 e. The van der Waals surface area contributed by atoms with Gasteiger partial charge in [-0.1, -0.05) is 12.1 Å². The van der Waals surface area contributed by atoms with Crippen LogP contribution in [0, 0.1) is 0 Å². The zero-order chi connectivity index (χ0) is 14.8. The minimum Gasteiger partial charge on any atom is -0.376 e. The van der Waals surface area contributed by atoms with Gasteiger partial charge in [0.1, 0.15) is 5.82 Å². The molecule has 1 aromatic carbocycles. The Balaban J connectivity index is 2.07. The van der Waals surface area contributed by atoms with E-state index in [2.05, 4.69) is 4.98 Å². The molecule has 0 spiro atoms. The molecular formula is C16H19ClN2O2. The number of para-hydroxylation sites is 1. The summed E-state index contributed by atoms with van der Waals surface area (Å²) in [6.07, 6.45) is 3.30. The molecule has 1 aliphatic heterocycles. The molecule has 1 aliphatic rings. The van der Waals surface area contributed by atoms with E-state index in [0.717, 1.165) is 25.9 Å². The summed E-state index contributed by atoms with van der Waals surface area (Å²) in [5.41, 5.74) is 0.670. The first-order valence-electron chi connectivity index (χ1n) is 7.42. The Morgan fingerprint density at radius 2 is 2.24 bits per heavy atom. The van der Waals surface area contributed by atoms with Crippen LogP contribution in [0.5, 0.6) is 0 Å². The first-order valence-corrected chi connectivity index (χ1v) is 7.85. The molecule has 0 radical (unpaired) electrons. The number of aromatic nitrogens is 2. The number of fused-ring (bicyclic) bond motifs is 1. The quantitative estimate of drug-likeness (QED) is 0.818. The van der Waals surface area contributed by atoms with Crippen molar-refractivity contribution in [2.75, 3.05) is 6.61 Å². The van der Waals surface area contributed by atoms with E-state index < -0.39 is 0 Å². The third-order valence-corrected chi connectivity index (χ3v) is 4.10. The van der Waals surface area contributed by atoms with E-state index in [1.807, 2.05) is 31.2 Å².